The molecule has 0 fully saturated rings. The van der Waals surface area contributed by atoms with E-state index < -0.39 is 0 Å². The van der Waals surface area contributed by atoms with Crippen LogP contribution in [0.2, 0.25) is 0 Å². The van der Waals surface area contributed by atoms with Gasteiger partial charge in [-0.15, -0.1) is 0 Å². The number of nitrogens with one attached hydrogen (secondary N) is 1. The molecule has 1 aromatic carbocycles. The van der Waals surface area contributed by atoms with Crippen LogP contribution in [0.5, 0.6) is 5.75 Å². The second-order valence-electron chi connectivity index (χ2n) is 3.91. The van der Waals surface area contributed by atoms with E-state index in [0.29, 0.717) is 0 Å². The molecule has 5 nitrogen and oxygen atoms in total. The molecule has 0 aliphatic carbocycles. The van der Waals surface area contributed by atoms with Crippen LogP contribution < -0.4 is 15.8 Å². The number of oxime groups is 1. The fraction of sp³-hybridized carbons (Fsp3) is 0.417. The molecule has 0 spiro atoms. The van der Waals surface area contributed by atoms with Gasteiger partial charge in [-0.25, -0.2) is 0 Å². The fourth-order valence-electron chi connectivity index (χ4n) is 1.55. The minimum absolute atomic E-state index is 0.0837. The molecule has 0 aliphatic rings. The van der Waals surface area contributed by atoms with Crippen LogP contribution in [0.1, 0.15) is 25.5 Å². The topological polar surface area (TPSA) is 79.9 Å². The quantitative estimate of drug-likeness (QED) is 0.313. The second kappa shape index (κ2) is 6.10. The Hall–Kier alpha value is -1.75. The lowest BCUT2D eigenvalue weighted by Gasteiger charge is -2.19. The zero-order valence-corrected chi connectivity index (χ0v) is 10.3. The highest BCUT2D eigenvalue weighted by Crippen LogP contribution is 2.19. The third-order valence-electron chi connectivity index (χ3n) is 2.65. The van der Waals surface area contributed by atoms with Crippen molar-refractivity contribution in [2.24, 2.45) is 10.9 Å². The maximum Gasteiger partial charge on any atom is 0.156 e. The highest BCUT2D eigenvalue weighted by molar-refractivity contribution is 5.84. The standard InChI is InChI=1S/C12H19N3O2/c1-8(14-9(2)12(13)15-16)10-5-4-6-11(7-10)17-3/h4-9,14,16H,1-3H3,(H2,13,15)/t8-,9?/m0/s1. The van der Waals surface area contributed by atoms with Gasteiger partial charge in [0.15, 0.2) is 5.84 Å². The molecule has 0 radical (unpaired) electrons. The molecule has 94 valence electrons. The Morgan fingerprint density at radius 3 is 2.76 bits per heavy atom. The fourth-order valence-corrected chi connectivity index (χ4v) is 1.55. The number of nitrogens with zero attached hydrogens (tertiary/aromatic N) is 1. The molecule has 4 N–H and O–H groups in total. The van der Waals surface area contributed by atoms with Crippen molar-refractivity contribution in [3.8, 4) is 5.75 Å². The highest BCUT2D eigenvalue weighted by Gasteiger charge is 2.12. The molecular weight excluding hydrogens is 218 g/mol. The van der Waals surface area contributed by atoms with E-state index in [1.54, 1.807) is 7.11 Å². The lowest BCUT2D eigenvalue weighted by molar-refractivity contribution is 0.314. The summed E-state index contributed by atoms with van der Waals surface area (Å²) < 4.78 is 5.16. The van der Waals surface area contributed by atoms with Gasteiger partial charge in [-0.1, -0.05) is 17.3 Å². The Kier molecular flexibility index (Phi) is 4.78. The molecule has 1 unspecified atom stereocenters. The first kappa shape index (κ1) is 13.3. The number of methoxy groups -OCH3 is 1. The van der Waals surface area contributed by atoms with Crippen LogP contribution >= 0.6 is 0 Å². The van der Waals surface area contributed by atoms with E-state index in [2.05, 4.69) is 10.5 Å². The number of hydrogen-bond acceptors (Lipinski definition) is 4. The Balaban J connectivity index is 2.72. The van der Waals surface area contributed by atoms with E-state index in [-0.39, 0.29) is 17.9 Å². The summed E-state index contributed by atoms with van der Waals surface area (Å²) in [6.07, 6.45) is 0. The molecule has 0 saturated heterocycles. The Labute approximate surface area is 101 Å². The van der Waals surface area contributed by atoms with E-state index >= 15 is 0 Å². The molecule has 0 amide bonds. The average Bonchev–Trinajstić information content (AvgIpc) is 2.37. The molecular formula is C12H19N3O2. The number of amidine groups is 1. The van der Waals surface area contributed by atoms with Crippen molar-refractivity contribution in [3.63, 3.8) is 0 Å². The second-order valence-corrected chi connectivity index (χ2v) is 3.91. The minimum Gasteiger partial charge on any atom is -0.497 e. The summed E-state index contributed by atoms with van der Waals surface area (Å²) in [6, 6.07) is 7.67. The maximum atomic E-state index is 8.57. The van der Waals surface area contributed by atoms with Crippen LogP contribution in [0, 0.1) is 0 Å². The van der Waals surface area contributed by atoms with Gasteiger partial charge in [0, 0.05) is 6.04 Å². The van der Waals surface area contributed by atoms with Crippen molar-refractivity contribution in [2.45, 2.75) is 25.9 Å². The monoisotopic (exact) mass is 237 g/mol. The third kappa shape index (κ3) is 3.64. The number of benzene rings is 1. The SMILES string of the molecule is COc1cccc([C@H](C)NC(C)/C(N)=N/O)c1. The first-order chi connectivity index (χ1) is 8.08. The number of ether oxygens (including phenoxy) is 1. The summed E-state index contributed by atoms with van der Waals surface area (Å²) in [4.78, 5) is 0. The largest absolute Gasteiger partial charge is 0.497 e. The summed E-state index contributed by atoms with van der Waals surface area (Å²) in [5.41, 5.74) is 6.60. The van der Waals surface area contributed by atoms with Crippen LogP contribution in [0.4, 0.5) is 0 Å². The van der Waals surface area contributed by atoms with Gasteiger partial charge in [-0.2, -0.15) is 0 Å². The summed E-state index contributed by atoms with van der Waals surface area (Å²) in [5, 5.41) is 14.8. The van der Waals surface area contributed by atoms with Gasteiger partial charge in [0.1, 0.15) is 5.75 Å². The molecule has 1 rings (SSSR count). The van der Waals surface area contributed by atoms with Gasteiger partial charge in [-0.05, 0) is 31.5 Å². The van der Waals surface area contributed by atoms with Gasteiger partial charge in [0.05, 0.1) is 13.2 Å². The Morgan fingerprint density at radius 2 is 2.18 bits per heavy atom. The molecule has 0 aromatic heterocycles. The van der Waals surface area contributed by atoms with Crippen molar-refractivity contribution >= 4 is 5.84 Å². The Bertz CT molecular complexity index is 393. The molecule has 0 aliphatic heterocycles. The van der Waals surface area contributed by atoms with Crippen LogP contribution in [0.25, 0.3) is 0 Å². The molecule has 0 heterocycles. The smallest absolute Gasteiger partial charge is 0.156 e. The van der Waals surface area contributed by atoms with Crippen molar-refractivity contribution in [3.05, 3.63) is 29.8 Å². The molecule has 5 heteroatoms. The number of hydrogen-bond donors (Lipinski definition) is 3. The zero-order valence-electron chi connectivity index (χ0n) is 10.3. The van der Waals surface area contributed by atoms with Gasteiger partial charge in [0.25, 0.3) is 0 Å². The van der Waals surface area contributed by atoms with E-state index in [9.17, 15) is 0 Å². The van der Waals surface area contributed by atoms with Gasteiger partial charge >= 0.3 is 0 Å². The van der Waals surface area contributed by atoms with E-state index in [0.717, 1.165) is 11.3 Å². The predicted octanol–water partition coefficient (Wildman–Crippen LogP) is 1.48. The van der Waals surface area contributed by atoms with E-state index in [4.69, 9.17) is 15.7 Å². The number of nitrogens with two attached hydrogens (primary N) is 1. The minimum atomic E-state index is -0.193. The lowest BCUT2D eigenvalue weighted by Crippen LogP contribution is -2.40. The molecule has 1 aromatic rings. The summed E-state index contributed by atoms with van der Waals surface area (Å²) in [7, 11) is 1.64. The van der Waals surface area contributed by atoms with Crippen LogP contribution in [-0.2, 0) is 0 Å². The van der Waals surface area contributed by atoms with Crippen molar-refractivity contribution in [2.75, 3.05) is 7.11 Å². The van der Waals surface area contributed by atoms with Crippen molar-refractivity contribution < 1.29 is 9.94 Å². The molecule has 0 bridgehead atoms. The van der Waals surface area contributed by atoms with Crippen LogP contribution in [0.3, 0.4) is 0 Å². The third-order valence-corrected chi connectivity index (χ3v) is 2.65. The van der Waals surface area contributed by atoms with Gasteiger partial charge in [-0.3, -0.25) is 0 Å². The zero-order chi connectivity index (χ0) is 12.8. The molecule has 0 saturated carbocycles. The number of rotatable bonds is 5. The van der Waals surface area contributed by atoms with Gasteiger partial charge in [0.2, 0.25) is 0 Å². The first-order valence-electron chi connectivity index (χ1n) is 5.46. The first-order valence-corrected chi connectivity index (χ1v) is 5.46. The van der Waals surface area contributed by atoms with Crippen LogP contribution in [0.15, 0.2) is 29.4 Å². The summed E-state index contributed by atoms with van der Waals surface area (Å²) >= 11 is 0. The van der Waals surface area contributed by atoms with Crippen LogP contribution in [-0.4, -0.2) is 24.2 Å². The Morgan fingerprint density at radius 1 is 1.47 bits per heavy atom. The highest BCUT2D eigenvalue weighted by atomic mass is 16.5. The van der Waals surface area contributed by atoms with E-state index in [1.165, 1.54) is 0 Å². The molecule has 2 atom stereocenters. The summed E-state index contributed by atoms with van der Waals surface area (Å²) in [5.74, 6) is 0.979. The van der Waals surface area contributed by atoms with Crippen molar-refractivity contribution in [1.29, 1.82) is 0 Å². The predicted molar refractivity (Wildman–Crippen MR) is 67.4 cm³/mol. The normalized spacial score (nSPS) is 15.4. The van der Waals surface area contributed by atoms with Gasteiger partial charge < -0.3 is 21.0 Å². The summed E-state index contributed by atoms with van der Waals surface area (Å²) in [6.45, 7) is 3.85. The lowest BCUT2D eigenvalue weighted by atomic mass is 10.1. The van der Waals surface area contributed by atoms with E-state index in [1.807, 2.05) is 38.1 Å². The maximum absolute atomic E-state index is 8.57. The molecule has 17 heavy (non-hydrogen) atoms. The van der Waals surface area contributed by atoms with Crippen molar-refractivity contribution in [1.82, 2.24) is 5.32 Å². The average molecular weight is 237 g/mol.